The molecule has 37 heavy (non-hydrogen) atoms. The van der Waals surface area contributed by atoms with Crippen molar-refractivity contribution in [3.8, 4) is 0 Å². The van der Waals surface area contributed by atoms with Crippen molar-refractivity contribution >= 4 is 11.6 Å². The van der Waals surface area contributed by atoms with Crippen LogP contribution in [0.15, 0.2) is 36.8 Å². The first-order chi connectivity index (χ1) is 17.7. The van der Waals surface area contributed by atoms with E-state index < -0.39 is 35.4 Å². The number of fused-ring (bicyclic) bond motifs is 2. The van der Waals surface area contributed by atoms with Crippen molar-refractivity contribution in [2.45, 2.75) is 69.1 Å². The van der Waals surface area contributed by atoms with Crippen molar-refractivity contribution in [3.05, 3.63) is 64.9 Å². The number of aromatic nitrogens is 3. The highest BCUT2D eigenvalue weighted by molar-refractivity contribution is 5.94. The van der Waals surface area contributed by atoms with Gasteiger partial charge in [0.15, 0.2) is 5.65 Å². The second kappa shape index (κ2) is 9.09. The number of carbonyl (C=O) groups is 1. The van der Waals surface area contributed by atoms with E-state index in [0.717, 1.165) is 56.8 Å². The van der Waals surface area contributed by atoms with Gasteiger partial charge < -0.3 is 10.4 Å². The maximum absolute atomic E-state index is 14.6. The van der Waals surface area contributed by atoms with Crippen molar-refractivity contribution in [3.63, 3.8) is 0 Å². The monoisotopic (exact) mass is 513 g/mol. The first-order valence-corrected chi connectivity index (χ1v) is 12.9. The van der Waals surface area contributed by atoms with Crippen LogP contribution in [0.25, 0.3) is 5.65 Å². The largest absolute Gasteiger partial charge is 0.388 e. The lowest BCUT2D eigenvalue weighted by atomic mass is 9.81. The lowest BCUT2D eigenvalue weighted by molar-refractivity contribution is 0.0938. The Morgan fingerprint density at radius 1 is 1.22 bits per heavy atom. The van der Waals surface area contributed by atoms with E-state index in [0.29, 0.717) is 23.2 Å². The van der Waals surface area contributed by atoms with Gasteiger partial charge in [-0.2, -0.15) is 5.10 Å². The Kier molecular flexibility index (Phi) is 5.99. The molecule has 3 aliphatic rings. The number of pyridine rings is 1. The lowest BCUT2D eigenvalue weighted by Crippen LogP contribution is -2.39. The number of β-amino-alcohol motifs (C(OH)–C–C–N with tert-alkyl or cyclic N) is 1. The third-order valence-corrected chi connectivity index (χ3v) is 8.56. The molecule has 3 fully saturated rings. The van der Waals surface area contributed by atoms with E-state index in [1.807, 2.05) is 6.07 Å². The summed E-state index contributed by atoms with van der Waals surface area (Å²) in [4.78, 5) is 20.0. The van der Waals surface area contributed by atoms with Crippen LogP contribution in [0.1, 0.15) is 84.5 Å². The molecular weight excluding hydrogens is 483 g/mol. The van der Waals surface area contributed by atoms with Crippen LogP contribution in [0.5, 0.6) is 0 Å². The zero-order chi connectivity index (χ0) is 25.9. The Morgan fingerprint density at radius 3 is 2.68 bits per heavy atom. The number of nitrogens with zero attached hydrogens (tertiary/aromatic N) is 4. The molecule has 0 bridgehead atoms. The van der Waals surface area contributed by atoms with Gasteiger partial charge in [0.25, 0.3) is 12.3 Å². The molecule has 3 heterocycles. The fraction of sp³-hybridized carbons (Fsp3) is 0.519. The quantitative estimate of drug-likeness (QED) is 0.511. The van der Waals surface area contributed by atoms with E-state index in [1.165, 1.54) is 18.5 Å². The molecule has 6 rings (SSSR count). The SMILES string of the molecule is C[C@@H](NC(=O)c1cc(C2CCC(N3CC4CC4(O)C3)CC2)c2ncnn2c1)c1cccc(C(F)F)c1F. The highest BCUT2D eigenvalue weighted by Gasteiger charge is 2.59. The molecule has 1 saturated heterocycles. The number of aliphatic hydroxyl groups is 1. The van der Waals surface area contributed by atoms with Crippen LogP contribution in [-0.4, -0.2) is 55.2 Å². The Hall–Kier alpha value is -2.98. The van der Waals surface area contributed by atoms with E-state index in [1.54, 1.807) is 17.6 Å². The molecule has 2 saturated carbocycles. The maximum Gasteiger partial charge on any atom is 0.266 e. The number of piperidine rings is 1. The predicted octanol–water partition coefficient (Wildman–Crippen LogP) is 4.39. The predicted molar refractivity (Wildman–Crippen MR) is 130 cm³/mol. The number of nitrogens with one attached hydrogen (secondary N) is 1. The van der Waals surface area contributed by atoms with E-state index in [9.17, 15) is 23.1 Å². The van der Waals surface area contributed by atoms with Gasteiger partial charge in [-0.3, -0.25) is 9.69 Å². The van der Waals surface area contributed by atoms with Crippen molar-refractivity contribution < 1.29 is 23.1 Å². The molecule has 10 heteroatoms. The summed E-state index contributed by atoms with van der Waals surface area (Å²) < 4.78 is 42.5. The lowest BCUT2D eigenvalue weighted by Gasteiger charge is -2.35. The maximum atomic E-state index is 14.6. The number of benzene rings is 1. The number of likely N-dealkylation sites (tertiary alicyclic amines) is 1. The van der Waals surface area contributed by atoms with E-state index in [-0.39, 0.29) is 11.5 Å². The molecule has 1 aliphatic heterocycles. The third kappa shape index (κ3) is 4.40. The fourth-order valence-corrected chi connectivity index (χ4v) is 6.33. The minimum Gasteiger partial charge on any atom is -0.388 e. The van der Waals surface area contributed by atoms with Crippen LogP contribution < -0.4 is 5.32 Å². The van der Waals surface area contributed by atoms with Gasteiger partial charge in [0.05, 0.1) is 22.8 Å². The van der Waals surface area contributed by atoms with Gasteiger partial charge in [0.2, 0.25) is 0 Å². The standard InChI is InChI=1S/C27H30F3N5O2/c1-15(20-3-2-4-21(23(20)28)24(29)30)33-26(36)17-9-22(25-31-14-32-35(25)11-17)16-5-7-19(8-6-16)34-12-18-10-27(18,37)13-34/h2-4,9,11,14-16,18-19,24,37H,5-8,10,12-13H2,1H3,(H,33,36)/t15-,16?,18?,19?,27?/m1/s1. The fourth-order valence-electron chi connectivity index (χ4n) is 6.33. The molecule has 1 amide bonds. The number of carbonyl (C=O) groups excluding carboxylic acids is 1. The summed E-state index contributed by atoms with van der Waals surface area (Å²) >= 11 is 0. The Balaban J connectivity index is 1.18. The Labute approximate surface area is 212 Å². The molecule has 3 atom stereocenters. The van der Waals surface area contributed by atoms with Gasteiger partial charge in [0.1, 0.15) is 12.1 Å². The number of rotatable bonds is 6. The minimum atomic E-state index is -2.93. The zero-order valence-electron chi connectivity index (χ0n) is 20.6. The molecule has 2 aromatic heterocycles. The van der Waals surface area contributed by atoms with Crippen LogP contribution in [0.2, 0.25) is 0 Å². The molecule has 0 radical (unpaired) electrons. The first-order valence-electron chi connectivity index (χ1n) is 12.9. The van der Waals surface area contributed by atoms with E-state index in [4.69, 9.17) is 0 Å². The molecule has 3 aromatic rings. The zero-order valence-corrected chi connectivity index (χ0v) is 20.6. The second-order valence-electron chi connectivity index (χ2n) is 10.9. The smallest absolute Gasteiger partial charge is 0.266 e. The van der Waals surface area contributed by atoms with Gasteiger partial charge >= 0.3 is 0 Å². The Bertz CT molecular complexity index is 1340. The third-order valence-electron chi connectivity index (χ3n) is 8.56. The highest BCUT2D eigenvalue weighted by Crippen LogP contribution is 2.51. The molecule has 2 N–H and O–H groups in total. The minimum absolute atomic E-state index is 0.00994. The van der Waals surface area contributed by atoms with Gasteiger partial charge in [-0.15, -0.1) is 0 Å². The summed E-state index contributed by atoms with van der Waals surface area (Å²) in [6.07, 6.45) is 4.96. The molecule has 7 nitrogen and oxygen atoms in total. The second-order valence-corrected chi connectivity index (χ2v) is 10.9. The number of alkyl halides is 2. The van der Waals surface area contributed by atoms with Crippen molar-refractivity contribution in [2.24, 2.45) is 5.92 Å². The van der Waals surface area contributed by atoms with Gasteiger partial charge in [0, 0.05) is 42.4 Å². The van der Waals surface area contributed by atoms with Crippen LogP contribution in [0.3, 0.4) is 0 Å². The van der Waals surface area contributed by atoms with Crippen LogP contribution in [0, 0.1) is 11.7 Å². The molecule has 2 unspecified atom stereocenters. The number of hydrogen-bond acceptors (Lipinski definition) is 5. The van der Waals surface area contributed by atoms with Gasteiger partial charge in [-0.05, 0) is 51.0 Å². The van der Waals surface area contributed by atoms with Crippen molar-refractivity contribution in [2.75, 3.05) is 13.1 Å². The average molecular weight is 514 g/mol. The summed E-state index contributed by atoms with van der Waals surface area (Å²) in [5.74, 6) is -0.790. The molecule has 2 aliphatic carbocycles. The number of hydrogen-bond donors (Lipinski definition) is 2. The van der Waals surface area contributed by atoms with Gasteiger partial charge in [-0.25, -0.2) is 22.7 Å². The molecule has 1 aromatic carbocycles. The van der Waals surface area contributed by atoms with Crippen LogP contribution in [0.4, 0.5) is 13.2 Å². The first kappa shape index (κ1) is 24.4. The van der Waals surface area contributed by atoms with Gasteiger partial charge in [-0.1, -0.05) is 18.2 Å². The Morgan fingerprint density at radius 2 is 1.97 bits per heavy atom. The van der Waals surface area contributed by atoms with Crippen molar-refractivity contribution in [1.82, 2.24) is 24.8 Å². The topological polar surface area (TPSA) is 82.8 Å². The molecular formula is C27H30F3N5O2. The summed E-state index contributed by atoms with van der Waals surface area (Å²) in [5, 5.41) is 17.4. The molecule has 0 spiro atoms. The number of amides is 1. The summed E-state index contributed by atoms with van der Waals surface area (Å²) in [6.45, 7) is 3.32. The van der Waals surface area contributed by atoms with E-state index in [2.05, 4.69) is 20.3 Å². The van der Waals surface area contributed by atoms with Crippen LogP contribution in [-0.2, 0) is 0 Å². The van der Waals surface area contributed by atoms with Crippen LogP contribution >= 0.6 is 0 Å². The summed E-state index contributed by atoms with van der Waals surface area (Å²) in [7, 11) is 0. The summed E-state index contributed by atoms with van der Waals surface area (Å²) in [6, 6.07) is 5.30. The normalized spacial score (nSPS) is 28.4. The number of halogens is 3. The van der Waals surface area contributed by atoms with Crippen molar-refractivity contribution in [1.29, 1.82) is 0 Å². The summed E-state index contributed by atoms with van der Waals surface area (Å²) in [5.41, 5.74) is 0.892. The average Bonchev–Trinajstić information content (AvgIpc) is 3.19. The molecule has 196 valence electrons. The highest BCUT2D eigenvalue weighted by atomic mass is 19.3. The van der Waals surface area contributed by atoms with E-state index >= 15 is 0 Å².